The average molecular weight is 613 g/mol. The summed E-state index contributed by atoms with van der Waals surface area (Å²) < 4.78 is 17.6. The largest absolute Gasteiger partial charge is 0.391 e. The molecule has 0 radical (unpaired) electrons. The average Bonchev–Trinajstić information content (AvgIpc) is 3.18. The number of halogens is 2. The van der Waals surface area contributed by atoms with Crippen molar-refractivity contribution in [2.24, 2.45) is 12.0 Å². The summed E-state index contributed by atoms with van der Waals surface area (Å²) in [4.78, 5) is 36.2. The number of nitrogens with one attached hydrogen (secondary N) is 2. The number of pyridine rings is 2. The highest BCUT2D eigenvalue weighted by molar-refractivity contribution is 9.10. The van der Waals surface area contributed by atoms with Crippen molar-refractivity contribution in [1.29, 1.82) is 0 Å². The van der Waals surface area contributed by atoms with Crippen LogP contribution in [-0.4, -0.2) is 55.2 Å². The molecule has 0 saturated heterocycles. The van der Waals surface area contributed by atoms with Gasteiger partial charge in [-0.1, -0.05) is 0 Å². The number of amides is 1. The standard InChI is InChI=1S/C26H27BrFN9O3/c1-17-30-26(36(39)40)24(34(17)2)16-37(3,4)11-5-6-25(38)32-33-35-10-9-18-13-29-14-23(20(18)15-35)31-19-7-8-22(28)21(27)12-19/h5-10,12-15H,11,16H2,1-4H3,(H-,29,31,32,33,38)/p+1/b6-5+. The Morgan fingerprint density at radius 1 is 1.30 bits per heavy atom. The maximum atomic E-state index is 13.6. The van der Waals surface area contributed by atoms with Gasteiger partial charge >= 0.3 is 5.82 Å². The van der Waals surface area contributed by atoms with Gasteiger partial charge in [-0.25, -0.2) is 14.9 Å². The van der Waals surface area contributed by atoms with Gasteiger partial charge in [0.15, 0.2) is 5.69 Å². The molecule has 1 amide bonds. The number of nitrogens with zero attached hydrogens (tertiary/aromatic N) is 7. The highest BCUT2D eigenvalue weighted by Crippen LogP contribution is 2.23. The molecule has 0 saturated carbocycles. The monoisotopic (exact) mass is 612 g/mol. The molecule has 2 aliphatic rings. The van der Waals surface area contributed by atoms with Crippen LogP contribution in [0.4, 0.5) is 15.9 Å². The summed E-state index contributed by atoms with van der Waals surface area (Å²) in [5, 5.41) is 12.0. The zero-order valence-corrected chi connectivity index (χ0v) is 23.9. The lowest BCUT2D eigenvalue weighted by Crippen LogP contribution is -2.40. The van der Waals surface area contributed by atoms with Gasteiger partial charge in [0, 0.05) is 49.8 Å². The summed E-state index contributed by atoms with van der Waals surface area (Å²) in [5.74, 6) is -0.348. The molecule has 3 heterocycles. The van der Waals surface area contributed by atoms with Crippen molar-refractivity contribution in [3.05, 3.63) is 98.5 Å². The third-order valence-electron chi connectivity index (χ3n) is 6.18. The number of carbonyl (C=O) groups excluding carboxylic acids is 1. The Bertz CT molecular complexity index is 1640. The minimum atomic E-state index is -0.475. The van der Waals surface area contributed by atoms with Crippen molar-refractivity contribution in [3.8, 4) is 11.1 Å². The third-order valence-corrected chi connectivity index (χ3v) is 6.78. The van der Waals surface area contributed by atoms with E-state index in [0.29, 0.717) is 44.6 Å². The van der Waals surface area contributed by atoms with Crippen LogP contribution in [0.3, 0.4) is 0 Å². The number of hydrogen-bond acceptors (Lipinski definition) is 7. The second kappa shape index (κ2) is 11.8. The maximum absolute atomic E-state index is 13.6. The minimum Gasteiger partial charge on any atom is -0.358 e. The number of fused-ring (bicyclic) bond motifs is 1. The van der Waals surface area contributed by atoms with E-state index in [1.54, 1.807) is 66.2 Å². The zero-order chi connectivity index (χ0) is 29.0. The molecule has 0 spiro atoms. The van der Waals surface area contributed by atoms with Gasteiger partial charge in [0.1, 0.15) is 12.4 Å². The van der Waals surface area contributed by atoms with Crippen LogP contribution in [0.25, 0.3) is 11.1 Å². The Balaban J connectivity index is 1.41. The smallest absolute Gasteiger partial charge is 0.358 e. The molecule has 0 aliphatic carbocycles. The van der Waals surface area contributed by atoms with E-state index in [1.807, 2.05) is 20.2 Å². The lowest BCUT2D eigenvalue weighted by Gasteiger charge is -2.28. The molecule has 40 heavy (non-hydrogen) atoms. The van der Waals surface area contributed by atoms with Crippen molar-refractivity contribution in [3.63, 3.8) is 0 Å². The van der Waals surface area contributed by atoms with Crippen molar-refractivity contribution >= 4 is 33.3 Å². The van der Waals surface area contributed by atoms with E-state index in [1.165, 1.54) is 12.1 Å². The molecule has 0 unspecified atom stereocenters. The van der Waals surface area contributed by atoms with Gasteiger partial charge in [-0.15, -0.1) is 0 Å². The number of imidazole rings is 1. The van der Waals surface area contributed by atoms with Gasteiger partial charge in [0.2, 0.25) is 5.82 Å². The second-order valence-electron chi connectivity index (χ2n) is 9.75. The number of rotatable bonds is 9. The predicted octanol–water partition coefficient (Wildman–Crippen LogP) is 3.48. The summed E-state index contributed by atoms with van der Waals surface area (Å²) in [7, 11) is 5.58. The molecule has 12 nitrogen and oxygen atoms in total. The molecular formula is C26H28BrFN9O3+. The van der Waals surface area contributed by atoms with Crippen LogP contribution in [0.15, 0.2) is 70.7 Å². The van der Waals surface area contributed by atoms with Crippen LogP contribution in [0.2, 0.25) is 0 Å². The number of nitro groups is 1. The summed E-state index contributed by atoms with van der Waals surface area (Å²) in [6.07, 6.45) is 9.88. The Hall–Kier alpha value is -4.43. The highest BCUT2D eigenvalue weighted by Gasteiger charge is 2.29. The number of hydrazine groups is 1. The molecule has 4 rings (SSSR count). The van der Waals surface area contributed by atoms with Crippen LogP contribution in [0.1, 0.15) is 11.5 Å². The Kier molecular flexibility index (Phi) is 8.40. The molecule has 2 aliphatic heterocycles. The normalized spacial score (nSPS) is 12.3. The van der Waals surface area contributed by atoms with Crippen molar-refractivity contribution < 1.29 is 18.6 Å². The lowest BCUT2D eigenvalue weighted by molar-refractivity contribution is -0.898. The molecule has 0 bridgehead atoms. The number of benzene rings is 1. The highest BCUT2D eigenvalue weighted by atomic mass is 79.9. The van der Waals surface area contributed by atoms with Crippen LogP contribution in [0.5, 0.6) is 0 Å². The third kappa shape index (κ3) is 6.76. The second-order valence-corrected chi connectivity index (χ2v) is 10.6. The first-order chi connectivity index (χ1) is 18.9. The van der Waals surface area contributed by atoms with E-state index in [0.717, 1.165) is 11.1 Å². The van der Waals surface area contributed by atoms with E-state index < -0.39 is 4.92 Å². The molecule has 0 fully saturated rings. The first-order valence-corrected chi connectivity index (χ1v) is 12.9. The molecule has 0 atom stereocenters. The van der Waals surface area contributed by atoms with Crippen LogP contribution < -0.4 is 16.3 Å². The van der Waals surface area contributed by atoms with Gasteiger partial charge in [-0.2, -0.15) is 0 Å². The van der Waals surface area contributed by atoms with Gasteiger partial charge < -0.3 is 19.2 Å². The minimum absolute atomic E-state index is 0.151. The van der Waals surface area contributed by atoms with Crippen molar-refractivity contribution in [2.45, 2.75) is 13.5 Å². The number of likely N-dealkylation sites (N-methyl/N-ethyl adjacent to an activating group) is 1. The molecule has 2 aromatic rings. The zero-order valence-electron chi connectivity index (χ0n) is 22.3. The Morgan fingerprint density at radius 2 is 2.08 bits per heavy atom. The van der Waals surface area contributed by atoms with Gasteiger partial charge in [-0.05, 0) is 56.2 Å². The van der Waals surface area contributed by atoms with Gasteiger partial charge in [0.25, 0.3) is 5.91 Å². The molecule has 1 aromatic heterocycles. The summed E-state index contributed by atoms with van der Waals surface area (Å²) >= 11 is 3.17. The molecule has 1 aromatic carbocycles. The quantitative estimate of drug-likeness (QED) is 0.129. The van der Waals surface area contributed by atoms with Crippen molar-refractivity contribution in [2.75, 3.05) is 26.2 Å². The van der Waals surface area contributed by atoms with E-state index in [9.17, 15) is 19.3 Å². The molecule has 14 heteroatoms. The lowest BCUT2D eigenvalue weighted by atomic mass is 10.1. The first kappa shape index (κ1) is 28.6. The van der Waals surface area contributed by atoms with E-state index in [-0.39, 0.29) is 17.5 Å². The molecular weight excluding hydrogens is 585 g/mol. The van der Waals surface area contributed by atoms with Crippen LogP contribution in [-0.2, 0) is 18.4 Å². The summed E-state index contributed by atoms with van der Waals surface area (Å²) in [6.45, 7) is 2.54. The van der Waals surface area contributed by atoms with Gasteiger partial charge in [0.05, 0.1) is 42.4 Å². The first-order valence-electron chi connectivity index (χ1n) is 12.1. The molecule has 2 N–H and O–H groups in total. The maximum Gasteiger partial charge on any atom is 0.391 e. The van der Waals surface area contributed by atoms with E-state index >= 15 is 0 Å². The SMILES string of the molecule is Cc1nc([N+](=O)[O-])c(C[N+](C)(C)C/C=C/C(=O)NNn2ccc3cncc(=Nc4ccc(F)c(Br)c4)c-3c2)n1C. The number of hydrogen-bond donors (Lipinski definition) is 2. The van der Waals surface area contributed by atoms with Gasteiger partial charge in [-0.3, -0.25) is 19.9 Å². The summed E-state index contributed by atoms with van der Waals surface area (Å²) in [6, 6.07) is 6.29. The fourth-order valence-corrected chi connectivity index (χ4v) is 4.35. The number of aromatic nitrogens is 4. The predicted molar refractivity (Wildman–Crippen MR) is 150 cm³/mol. The number of quaternary nitrogens is 1. The summed E-state index contributed by atoms with van der Waals surface area (Å²) in [5.41, 5.74) is 8.08. The van der Waals surface area contributed by atoms with E-state index in [4.69, 9.17) is 0 Å². The Morgan fingerprint density at radius 3 is 2.80 bits per heavy atom. The topological polar surface area (TPSA) is 132 Å². The van der Waals surface area contributed by atoms with Crippen molar-refractivity contribution in [1.82, 2.24) is 24.6 Å². The van der Waals surface area contributed by atoms with E-state index in [2.05, 4.69) is 41.9 Å². The van der Waals surface area contributed by atoms with Crippen LogP contribution >= 0.6 is 15.9 Å². The Labute approximate surface area is 237 Å². The molecule has 208 valence electrons. The number of carbonyl (C=O) groups is 1. The fourth-order valence-electron chi connectivity index (χ4n) is 3.98. The fraction of sp³-hybridized carbons (Fsp3) is 0.231. The number of aryl methyl sites for hydroxylation is 1. The van der Waals surface area contributed by atoms with Crippen LogP contribution in [0, 0.1) is 22.9 Å².